The third-order valence-electron chi connectivity index (χ3n) is 3.84. The van der Waals surface area contributed by atoms with Crippen LogP contribution in [0.15, 0.2) is 36.4 Å². The standard InChI is InChI=1S/C17H12O5/c18-12-5-1-3-10-14(12)17(20)15-11(16(10)19)4-2-6-13(15)22-8-9-7-21-9/h1-6,9,18H,7-8H2. The highest BCUT2D eigenvalue weighted by Gasteiger charge is 2.34. The number of epoxide rings is 1. The van der Waals surface area contributed by atoms with Crippen molar-refractivity contribution in [2.45, 2.75) is 6.10 Å². The van der Waals surface area contributed by atoms with Gasteiger partial charge in [0.25, 0.3) is 0 Å². The number of fused-ring (bicyclic) bond motifs is 2. The van der Waals surface area contributed by atoms with E-state index in [2.05, 4.69) is 0 Å². The lowest BCUT2D eigenvalue weighted by molar-refractivity contribution is 0.0972. The van der Waals surface area contributed by atoms with Gasteiger partial charge in [0.05, 0.1) is 17.7 Å². The molecule has 1 aliphatic heterocycles. The van der Waals surface area contributed by atoms with Gasteiger partial charge in [-0.2, -0.15) is 0 Å². The maximum absolute atomic E-state index is 12.7. The summed E-state index contributed by atoms with van der Waals surface area (Å²) in [4.78, 5) is 25.3. The first-order chi connectivity index (χ1) is 10.7. The molecule has 0 spiro atoms. The summed E-state index contributed by atoms with van der Waals surface area (Å²) in [6.45, 7) is 0.983. The van der Waals surface area contributed by atoms with Crippen LogP contribution < -0.4 is 4.74 Å². The lowest BCUT2D eigenvalue weighted by Gasteiger charge is -2.20. The molecular formula is C17H12O5. The Morgan fingerprint density at radius 2 is 1.73 bits per heavy atom. The van der Waals surface area contributed by atoms with Crippen LogP contribution in [0.3, 0.4) is 0 Å². The molecule has 1 fully saturated rings. The molecule has 2 aromatic rings. The molecule has 0 radical (unpaired) electrons. The van der Waals surface area contributed by atoms with Gasteiger partial charge >= 0.3 is 0 Å². The van der Waals surface area contributed by atoms with Crippen LogP contribution in [0.2, 0.25) is 0 Å². The van der Waals surface area contributed by atoms with Crippen LogP contribution in [0.4, 0.5) is 0 Å². The Balaban J connectivity index is 1.84. The van der Waals surface area contributed by atoms with Gasteiger partial charge in [0, 0.05) is 11.1 Å². The second-order valence-electron chi connectivity index (χ2n) is 5.30. The zero-order valence-corrected chi connectivity index (χ0v) is 11.5. The van der Waals surface area contributed by atoms with E-state index in [-0.39, 0.29) is 34.3 Å². The number of phenolic OH excluding ortho intramolecular Hbond substituents is 1. The predicted molar refractivity (Wildman–Crippen MR) is 76.6 cm³/mol. The van der Waals surface area contributed by atoms with Crippen molar-refractivity contribution < 1.29 is 24.2 Å². The SMILES string of the molecule is O=C1c2cccc(O)c2C(=O)c2c(OCC3CO3)cccc21. The van der Waals surface area contributed by atoms with Gasteiger partial charge in [-0.05, 0) is 12.1 Å². The number of ketones is 2. The van der Waals surface area contributed by atoms with E-state index in [0.29, 0.717) is 24.5 Å². The molecule has 1 heterocycles. The summed E-state index contributed by atoms with van der Waals surface area (Å²) in [5, 5.41) is 9.96. The van der Waals surface area contributed by atoms with Crippen molar-refractivity contribution in [2.75, 3.05) is 13.2 Å². The van der Waals surface area contributed by atoms with Gasteiger partial charge in [-0.15, -0.1) is 0 Å². The van der Waals surface area contributed by atoms with Crippen molar-refractivity contribution in [1.82, 2.24) is 0 Å². The van der Waals surface area contributed by atoms with Gasteiger partial charge < -0.3 is 14.6 Å². The van der Waals surface area contributed by atoms with E-state index in [9.17, 15) is 14.7 Å². The van der Waals surface area contributed by atoms with Crippen molar-refractivity contribution in [1.29, 1.82) is 0 Å². The fourth-order valence-corrected chi connectivity index (χ4v) is 2.66. The molecule has 4 rings (SSSR count). The number of carbonyl (C=O) groups is 2. The van der Waals surface area contributed by atoms with E-state index in [1.54, 1.807) is 30.3 Å². The molecule has 5 heteroatoms. The number of phenols is 1. The molecule has 2 aliphatic rings. The van der Waals surface area contributed by atoms with Crippen molar-refractivity contribution >= 4 is 11.6 Å². The number of benzene rings is 2. The summed E-state index contributed by atoms with van der Waals surface area (Å²) in [7, 11) is 0. The largest absolute Gasteiger partial charge is 0.507 e. The number of hydrogen-bond donors (Lipinski definition) is 1. The molecule has 22 heavy (non-hydrogen) atoms. The average molecular weight is 296 g/mol. The number of ether oxygens (including phenoxy) is 2. The van der Waals surface area contributed by atoms with E-state index in [0.717, 1.165) is 0 Å². The third kappa shape index (κ3) is 1.90. The van der Waals surface area contributed by atoms with Gasteiger partial charge in [0.1, 0.15) is 24.2 Å². The zero-order valence-electron chi connectivity index (χ0n) is 11.5. The smallest absolute Gasteiger partial charge is 0.201 e. The highest BCUT2D eigenvalue weighted by atomic mass is 16.6. The van der Waals surface area contributed by atoms with Crippen molar-refractivity contribution in [3.8, 4) is 11.5 Å². The molecule has 1 aliphatic carbocycles. The second kappa shape index (κ2) is 4.68. The Kier molecular flexibility index (Phi) is 2.77. The van der Waals surface area contributed by atoms with Crippen LogP contribution >= 0.6 is 0 Å². The molecule has 0 aromatic heterocycles. The third-order valence-corrected chi connectivity index (χ3v) is 3.84. The summed E-state index contributed by atoms with van der Waals surface area (Å²) in [6.07, 6.45) is 0.0472. The lowest BCUT2D eigenvalue weighted by Crippen LogP contribution is -2.22. The Morgan fingerprint density at radius 3 is 2.45 bits per heavy atom. The predicted octanol–water partition coefficient (Wildman–Crippen LogP) is 1.95. The normalized spacial score (nSPS) is 18.6. The molecule has 2 aromatic carbocycles. The molecule has 5 nitrogen and oxygen atoms in total. The number of carbonyl (C=O) groups excluding carboxylic acids is 2. The van der Waals surface area contributed by atoms with Gasteiger partial charge in [-0.25, -0.2) is 0 Å². The first-order valence-corrected chi connectivity index (χ1v) is 6.95. The minimum Gasteiger partial charge on any atom is -0.507 e. The quantitative estimate of drug-likeness (QED) is 0.748. The minimum absolute atomic E-state index is 0.0405. The zero-order chi connectivity index (χ0) is 15.3. The van der Waals surface area contributed by atoms with Crippen molar-refractivity contribution in [2.24, 2.45) is 0 Å². The molecule has 0 amide bonds. The molecule has 1 unspecified atom stereocenters. The van der Waals surface area contributed by atoms with Crippen LogP contribution in [0.1, 0.15) is 31.8 Å². The van der Waals surface area contributed by atoms with E-state index in [4.69, 9.17) is 9.47 Å². The molecule has 110 valence electrons. The van der Waals surface area contributed by atoms with Crippen LogP contribution in [0.5, 0.6) is 11.5 Å². The lowest BCUT2D eigenvalue weighted by atomic mass is 9.83. The molecular weight excluding hydrogens is 284 g/mol. The fraction of sp³-hybridized carbons (Fsp3) is 0.176. The van der Waals surface area contributed by atoms with E-state index >= 15 is 0 Å². The van der Waals surface area contributed by atoms with E-state index in [1.807, 2.05) is 0 Å². The average Bonchev–Trinajstić information content (AvgIpc) is 3.34. The highest BCUT2D eigenvalue weighted by Crippen LogP contribution is 2.36. The van der Waals surface area contributed by atoms with Crippen molar-refractivity contribution in [3.05, 3.63) is 58.7 Å². The minimum atomic E-state index is -0.394. The van der Waals surface area contributed by atoms with Crippen LogP contribution in [-0.2, 0) is 4.74 Å². The maximum Gasteiger partial charge on any atom is 0.201 e. The first kappa shape index (κ1) is 13.0. The van der Waals surface area contributed by atoms with Gasteiger partial charge in [0.2, 0.25) is 5.78 Å². The summed E-state index contributed by atoms with van der Waals surface area (Å²) in [5.74, 6) is -0.522. The topological polar surface area (TPSA) is 76.1 Å². The van der Waals surface area contributed by atoms with Crippen molar-refractivity contribution in [3.63, 3.8) is 0 Å². The molecule has 1 atom stereocenters. The summed E-state index contributed by atoms with van der Waals surface area (Å²) in [6, 6.07) is 9.43. The molecule has 1 saturated heterocycles. The first-order valence-electron chi connectivity index (χ1n) is 6.95. The fourth-order valence-electron chi connectivity index (χ4n) is 2.66. The molecule has 1 N–H and O–H groups in total. The Labute approximate surface area is 126 Å². The van der Waals surface area contributed by atoms with E-state index < -0.39 is 5.78 Å². The molecule has 0 saturated carbocycles. The van der Waals surface area contributed by atoms with Crippen LogP contribution in [0.25, 0.3) is 0 Å². The summed E-state index contributed by atoms with van der Waals surface area (Å²) in [5.41, 5.74) is 0.776. The van der Waals surface area contributed by atoms with Gasteiger partial charge in [-0.3, -0.25) is 9.59 Å². The monoisotopic (exact) mass is 296 g/mol. The van der Waals surface area contributed by atoms with Crippen LogP contribution in [0, 0.1) is 0 Å². The number of aromatic hydroxyl groups is 1. The number of rotatable bonds is 3. The Hall–Kier alpha value is -2.66. The summed E-state index contributed by atoms with van der Waals surface area (Å²) < 4.78 is 10.7. The molecule has 0 bridgehead atoms. The van der Waals surface area contributed by atoms with Crippen LogP contribution in [-0.4, -0.2) is 36.0 Å². The van der Waals surface area contributed by atoms with E-state index in [1.165, 1.54) is 6.07 Å². The second-order valence-corrected chi connectivity index (χ2v) is 5.30. The van der Waals surface area contributed by atoms with Gasteiger partial charge in [0.15, 0.2) is 5.78 Å². The maximum atomic E-state index is 12.7. The number of hydrogen-bond acceptors (Lipinski definition) is 5. The Bertz CT molecular complexity index is 805. The van der Waals surface area contributed by atoms with Gasteiger partial charge in [-0.1, -0.05) is 24.3 Å². The highest BCUT2D eigenvalue weighted by molar-refractivity contribution is 6.30. The summed E-state index contributed by atoms with van der Waals surface area (Å²) >= 11 is 0. The Morgan fingerprint density at radius 1 is 1.05 bits per heavy atom.